The Bertz CT molecular complexity index is 621. The second kappa shape index (κ2) is 6.21. The molecule has 1 unspecified atom stereocenters. The van der Waals surface area contributed by atoms with Crippen LogP contribution < -0.4 is 11.1 Å². The molecule has 0 fully saturated rings. The molecule has 2 aromatic rings. The first kappa shape index (κ1) is 14.1. The van der Waals surface area contributed by atoms with Gasteiger partial charge in [0.05, 0.1) is 6.42 Å². The lowest BCUT2D eigenvalue weighted by Crippen LogP contribution is -2.37. The predicted octanol–water partition coefficient (Wildman–Crippen LogP) is 0.629. The molecule has 0 aliphatic rings. The van der Waals surface area contributed by atoms with Crippen LogP contribution in [0.15, 0.2) is 30.5 Å². The zero-order chi connectivity index (χ0) is 14.5. The van der Waals surface area contributed by atoms with Crippen LogP contribution in [0.5, 0.6) is 0 Å². The van der Waals surface area contributed by atoms with Gasteiger partial charge in [-0.3, -0.25) is 9.59 Å². The number of amides is 1. The van der Waals surface area contributed by atoms with Gasteiger partial charge in [-0.2, -0.15) is 0 Å². The molecule has 5 N–H and O–H groups in total. The highest BCUT2D eigenvalue weighted by Gasteiger charge is 2.15. The summed E-state index contributed by atoms with van der Waals surface area (Å²) in [5, 5.41) is 12.4. The van der Waals surface area contributed by atoms with Gasteiger partial charge >= 0.3 is 5.97 Å². The molecule has 0 aliphatic heterocycles. The Morgan fingerprint density at radius 3 is 2.85 bits per heavy atom. The fourth-order valence-corrected chi connectivity index (χ4v) is 2.03. The Hall–Kier alpha value is -2.34. The van der Waals surface area contributed by atoms with Crippen molar-refractivity contribution in [1.82, 2.24) is 10.3 Å². The summed E-state index contributed by atoms with van der Waals surface area (Å²) < 4.78 is 0. The molecule has 0 bridgehead atoms. The smallest absolute Gasteiger partial charge is 0.321 e. The first-order chi connectivity index (χ1) is 9.58. The number of aromatic amines is 1. The SMILES string of the molecule is NC(CC(=O)NCCc1c[nH]c2ccccc12)C(=O)O. The van der Waals surface area contributed by atoms with E-state index in [2.05, 4.69) is 10.3 Å². The first-order valence-electron chi connectivity index (χ1n) is 6.38. The number of aliphatic carboxylic acids is 1. The predicted molar refractivity (Wildman–Crippen MR) is 75.2 cm³/mol. The summed E-state index contributed by atoms with van der Waals surface area (Å²) in [5.74, 6) is -1.52. The molecule has 0 saturated heterocycles. The van der Waals surface area contributed by atoms with Gasteiger partial charge in [0.15, 0.2) is 0 Å². The Morgan fingerprint density at radius 2 is 2.10 bits per heavy atom. The van der Waals surface area contributed by atoms with E-state index in [-0.39, 0.29) is 12.3 Å². The van der Waals surface area contributed by atoms with E-state index >= 15 is 0 Å². The summed E-state index contributed by atoms with van der Waals surface area (Å²) in [6, 6.07) is 6.78. The average molecular weight is 275 g/mol. The fourth-order valence-electron chi connectivity index (χ4n) is 2.03. The fraction of sp³-hybridized carbons (Fsp3) is 0.286. The number of hydrogen-bond acceptors (Lipinski definition) is 3. The minimum absolute atomic E-state index is 0.205. The summed E-state index contributed by atoms with van der Waals surface area (Å²) in [7, 11) is 0. The molecular weight excluding hydrogens is 258 g/mol. The molecule has 0 saturated carbocycles. The van der Waals surface area contributed by atoms with Gasteiger partial charge < -0.3 is 21.1 Å². The largest absolute Gasteiger partial charge is 0.480 e. The number of carbonyl (C=O) groups excluding carboxylic acids is 1. The molecule has 20 heavy (non-hydrogen) atoms. The van der Waals surface area contributed by atoms with Gasteiger partial charge in [-0.05, 0) is 18.1 Å². The molecular formula is C14H17N3O3. The van der Waals surface area contributed by atoms with Gasteiger partial charge in [-0.1, -0.05) is 18.2 Å². The molecule has 0 spiro atoms. The normalized spacial score (nSPS) is 12.2. The first-order valence-corrected chi connectivity index (χ1v) is 6.38. The maximum atomic E-state index is 11.5. The number of rotatable bonds is 6. The molecule has 1 aromatic heterocycles. The van der Waals surface area contributed by atoms with Gasteiger partial charge in [-0.15, -0.1) is 0 Å². The Morgan fingerprint density at radius 1 is 1.35 bits per heavy atom. The van der Waals surface area contributed by atoms with Crippen molar-refractivity contribution < 1.29 is 14.7 Å². The Balaban J connectivity index is 1.84. The number of carboxylic acids is 1. The number of carbonyl (C=O) groups is 2. The molecule has 0 aliphatic carbocycles. The number of H-pyrrole nitrogens is 1. The zero-order valence-electron chi connectivity index (χ0n) is 10.9. The van der Waals surface area contributed by atoms with Crippen LogP contribution in [-0.2, 0) is 16.0 Å². The number of benzene rings is 1. The minimum atomic E-state index is -1.17. The molecule has 0 radical (unpaired) electrons. The number of fused-ring (bicyclic) bond motifs is 1. The van der Waals surface area contributed by atoms with Crippen molar-refractivity contribution in [2.45, 2.75) is 18.9 Å². The van der Waals surface area contributed by atoms with Gasteiger partial charge in [-0.25, -0.2) is 0 Å². The average Bonchev–Trinajstić information content (AvgIpc) is 2.82. The van der Waals surface area contributed by atoms with Crippen molar-refractivity contribution in [2.75, 3.05) is 6.54 Å². The Labute approximate surface area is 116 Å². The highest BCUT2D eigenvalue weighted by atomic mass is 16.4. The van der Waals surface area contributed by atoms with Crippen molar-refractivity contribution in [2.24, 2.45) is 5.73 Å². The zero-order valence-corrected chi connectivity index (χ0v) is 10.9. The number of para-hydroxylation sites is 1. The highest BCUT2D eigenvalue weighted by Crippen LogP contribution is 2.17. The summed E-state index contributed by atoms with van der Waals surface area (Å²) in [6.45, 7) is 0.451. The van der Waals surface area contributed by atoms with E-state index in [9.17, 15) is 9.59 Å². The van der Waals surface area contributed by atoms with E-state index in [1.54, 1.807) is 0 Å². The van der Waals surface area contributed by atoms with Gasteiger partial charge in [0, 0.05) is 23.6 Å². The van der Waals surface area contributed by atoms with Crippen LogP contribution in [-0.4, -0.2) is 34.6 Å². The standard InChI is InChI=1S/C14H17N3O3/c15-11(14(19)20)7-13(18)16-6-5-9-8-17-12-4-2-1-3-10(9)12/h1-4,8,11,17H,5-7,15H2,(H,16,18)(H,19,20). The summed E-state index contributed by atoms with van der Waals surface area (Å²) in [5.41, 5.74) is 7.46. The van der Waals surface area contributed by atoms with Gasteiger partial charge in [0.2, 0.25) is 5.91 Å². The molecule has 1 aromatic carbocycles. The number of nitrogens with two attached hydrogens (primary N) is 1. The van der Waals surface area contributed by atoms with Crippen LogP contribution in [0.1, 0.15) is 12.0 Å². The van der Waals surface area contributed by atoms with Crippen molar-refractivity contribution >= 4 is 22.8 Å². The molecule has 6 nitrogen and oxygen atoms in total. The lowest BCUT2D eigenvalue weighted by molar-refractivity contribution is -0.140. The summed E-state index contributed by atoms with van der Waals surface area (Å²) in [6.07, 6.45) is 2.39. The molecule has 6 heteroatoms. The third-order valence-electron chi connectivity index (χ3n) is 3.11. The monoisotopic (exact) mass is 275 g/mol. The van der Waals surface area contributed by atoms with Crippen LogP contribution in [0.3, 0.4) is 0 Å². The number of hydrogen-bond donors (Lipinski definition) is 4. The van der Waals surface area contributed by atoms with Crippen LogP contribution in [0.25, 0.3) is 10.9 Å². The summed E-state index contributed by atoms with van der Waals surface area (Å²) in [4.78, 5) is 25.2. The van der Waals surface area contributed by atoms with Crippen molar-refractivity contribution in [3.05, 3.63) is 36.0 Å². The highest BCUT2D eigenvalue weighted by molar-refractivity contribution is 5.84. The van der Waals surface area contributed by atoms with E-state index in [4.69, 9.17) is 10.8 Å². The topological polar surface area (TPSA) is 108 Å². The maximum Gasteiger partial charge on any atom is 0.321 e. The van der Waals surface area contributed by atoms with E-state index in [0.29, 0.717) is 13.0 Å². The lowest BCUT2D eigenvalue weighted by atomic mass is 10.1. The van der Waals surface area contributed by atoms with Crippen molar-refractivity contribution in [3.8, 4) is 0 Å². The third kappa shape index (κ3) is 3.36. The summed E-state index contributed by atoms with van der Waals surface area (Å²) >= 11 is 0. The van der Waals surface area contributed by atoms with Crippen LogP contribution in [0, 0.1) is 0 Å². The molecule has 2 rings (SSSR count). The van der Waals surface area contributed by atoms with Crippen LogP contribution in [0.4, 0.5) is 0 Å². The van der Waals surface area contributed by atoms with Gasteiger partial charge in [0.25, 0.3) is 0 Å². The minimum Gasteiger partial charge on any atom is -0.480 e. The maximum absolute atomic E-state index is 11.5. The third-order valence-corrected chi connectivity index (χ3v) is 3.11. The molecule has 1 atom stereocenters. The molecule has 106 valence electrons. The van der Waals surface area contributed by atoms with E-state index in [0.717, 1.165) is 16.5 Å². The molecule has 1 heterocycles. The lowest BCUT2D eigenvalue weighted by Gasteiger charge is -2.07. The van der Waals surface area contributed by atoms with Gasteiger partial charge in [0.1, 0.15) is 6.04 Å². The molecule has 1 amide bonds. The number of carboxylic acid groups (broad SMARTS) is 1. The second-order valence-corrected chi connectivity index (χ2v) is 4.61. The van der Waals surface area contributed by atoms with Crippen molar-refractivity contribution in [1.29, 1.82) is 0 Å². The van der Waals surface area contributed by atoms with Crippen LogP contribution >= 0.6 is 0 Å². The Kier molecular flexibility index (Phi) is 4.37. The van der Waals surface area contributed by atoms with E-state index in [1.807, 2.05) is 30.5 Å². The number of nitrogens with one attached hydrogen (secondary N) is 2. The van der Waals surface area contributed by atoms with Crippen molar-refractivity contribution in [3.63, 3.8) is 0 Å². The van der Waals surface area contributed by atoms with E-state index in [1.165, 1.54) is 0 Å². The number of aromatic nitrogens is 1. The van der Waals surface area contributed by atoms with Crippen LogP contribution in [0.2, 0.25) is 0 Å². The quantitative estimate of drug-likeness (QED) is 0.620. The second-order valence-electron chi connectivity index (χ2n) is 4.61. The van der Waals surface area contributed by atoms with E-state index < -0.39 is 12.0 Å².